The molecular formula is C41H51N3O14. The predicted molar refractivity (Wildman–Crippen MR) is 205 cm³/mol. The normalized spacial score (nSPS) is 22.6. The Morgan fingerprint density at radius 3 is 2.31 bits per heavy atom. The molecule has 314 valence electrons. The molecule has 1 saturated carbocycles. The second-order valence-corrected chi connectivity index (χ2v) is 15.4. The monoisotopic (exact) mass is 809 g/mol. The maximum absolute atomic E-state index is 13.8. The number of H-pyrrole nitrogens is 1. The lowest BCUT2D eigenvalue weighted by Crippen LogP contribution is -2.58. The third-order valence-corrected chi connectivity index (χ3v) is 10.8. The Morgan fingerprint density at radius 2 is 1.67 bits per heavy atom. The molecule has 1 aliphatic carbocycles. The number of aromatic amines is 1. The summed E-state index contributed by atoms with van der Waals surface area (Å²) in [6.45, 7) is 7.96. The number of fused-ring (bicyclic) bond motifs is 6. The number of alkyl carbamates (subject to hydrolysis) is 1. The molecule has 0 spiro atoms. The van der Waals surface area contributed by atoms with E-state index in [9.17, 15) is 24.0 Å². The van der Waals surface area contributed by atoms with Gasteiger partial charge in [0, 0.05) is 42.9 Å². The minimum absolute atomic E-state index is 0.0415. The zero-order chi connectivity index (χ0) is 41.9. The Bertz CT molecular complexity index is 2010. The van der Waals surface area contributed by atoms with Crippen LogP contribution in [0.4, 0.5) is 9.59 Å². The van der Waals surface area contributed by atoms with Gasteiger partial charge >= 0.3 is 30.2 Å². The van der Waals surface area contributed by atoms with Crippen molar-refractivity contribution in [1.29, 1.82) is 0 Å². The van der Waals surface area contributed by atoms with Crippen molar-refractivity contribution < 1.29 is 66.6 Å². The van der Waals surface area contributed by atoms with E-state index in [4.69, 9.17) is 42.6 Å². The van der Waals surface area contributed by atoms with Crippen molar-refractivity contribution in [3.05, 3.63) is 47.2 Å². The van der Waals surface area contributed by atoms with Crippen molar-refractivity contribution in [2.45, 2.75) is 70.8 Å². The summed E-state index contributed by atoms with van der Waals surface area (Å²) in [5, 5.41) is 3.42. The first-order chi connectivity index (χ1) is 27.7. The molecule has 1 aromatic heterocycles. The maximum atomic E-state index is 13.8. The summed E-state index contributed by atoms with van der Waals surface area (Å²) in [6, 6.07) is 8.10. The van der Waals surface area contributed by atoms with Crippen molar-refractivity contribution >= 4 is 41.1 Å². The van der Waals surface area contributed by atoms with E-state index in [0.29, 0.717) is 25.1 Å². The number of esters is 3. The Morgan fingerprint density at radius 1 is 0.948 bits per heavy atom. The SMILES string of the molecule is CCOC(=O)Oc1c(OC)cc(C(=O)OC2CC3CN4CCc5c([nH]c6cc(OC(=O)CNC(=O)OC(C)(C)C)ccc56)C4CC3C(C(=O)OC)C2OC)cc1OC. The van der Waals surface area contributed by atoms with Gasteiger partial charge in [0.15, 0.2) is 11.5 Å². The number of carbonyl (C=O) groups excluding carboxylic acids is 5. The summed E-state index contributed by atoms with van der Waals surface area (Å²) in [4.78, 5) is 70.0. The highest BCUT2D eigenvalue weighted by atomic mass is 16.7. The van der Waals surface area contributed by atoms with Gasteiger partial charge in [0.05, 0.1) is 45.5 Å². The van der Waals surface area contributed by atoms with Crippen LogP contribution in [0, 0.1) is 17.8 Å². The zero-order valence-corrected chi connectivity index (χ0v) is 34.0. The second-order valence-electron chi connectivity index (χ2n) is 15.4. The van der Waals surface area contributed by atoms with Gasteiger partial charge in [-0.05, 0) is 88.6 Å². The van der Waals surface area contributed by atoms with E-state index in [1.807, 2.05) is 6.07 Å². The number of nitrogens with one attached hydrogen (secondary N) is 2. The fourth-order valence-corrected chi connectivity index (χ4v) is 8.45. The number of rotatable bonds is 11. The summed E-state index contributed by atoms with van der Waals surface area (Å²) < 4.78 is 49.1. The molecule has 1 saturated heterocycles. The van der Waals surface area contributed by atoms with Crippen LogP contribution in [0.1, 0.15) is 68.2 Å². The minimum atomic E-state index is -0.966. The first-order valence-corrected chi connectivity index (χ1v) is 19.2. The van der Waals surface area contributed by atoms with E-state index in [1.54, 1.807) is 39.8 Å². The molecule has 6 atom stereocenters. The molecule has 6 rings (SSSR count). The minimum Gasteiger partial charge on any atom is -0.493 e. The Hall–Kier alpha value is -5.55. The smallest absolute Gasteiger partial charge is 0.493 e. The fraction of sp³-hybridized carbons (Fsp3) is 0.537. The number of carbonyl (C=O) groups is 5. The molecule has 0 bridgehead atoms. The van der Waals surface area contributed by atoms with Gasteiger partial charge < -0.3 is 52.9 Å². The van der Waals surface area contributed by atoms with Crippen molar-refractivity contribution in [1.82, 2.24) is 15.2 Å². The Kier molecular flexibility index (Phi) is 12.7. The van der Waals surface area contributed by atoms with Crippen LogP contribution in [0.15, 0.2) is 30.3 Å². The molecule has 0 radical (unpaired) electrons. The van der Waals surface area contributed by atoms with Gasteiger partial charge in [-0.3, -0.25) is 9.69 Å². The zero-order valence-electron chi connectivity index (χ0n) is 34.0. The Labute approximate surface area is 335 Å². The Balaban J connectivity index is 1.20. The number of benzene rings is 2. The molecule has 58 heavy (non-hydrogen) atoms. The highest BCUT2D eigenvalue weighted by Gasteiger charge is 2.54. The van der Waals surface area contributed by atoms with Crippen molar-refractivity contribution in [3.63, 3.8) is 0 Å². The highest BCUT2D eigenvalue weighted by molar-refractivity contribution is 5.92. The molecule has 6 unspecified atom stereocenters. The molecule has 3 aliphatic rings. The summed E-state index contributed by atoms with van der Waals surface area (Å²) >= 11 is 0. The van der Waals surface area contributed by atoms with E-state index in [2.05, 4.69) is 15.2 Å². The van der Waals surface area contributed by atoms with Crippen molar-refractivity contribution in [2.75, 3.05) is 54.7 Å². The number of ether oxygens (including phenoxy) is 9. The molecule has 17 nitrogen and oxygen atoms in total. The summed E-state index contributed by atoms with van der Waals surface area (Å²) in [7, 11) is 5.53. The van der Waals surface area contributed by atoms with Crippen LogP contribution in [-0.2, 0) is 39.7 Å². The van der Waals surface area contributed by atoms with Crippen LogP contribution >= 0.6 is 0 Å². The molecule has 3 aromatic rings. The highest BCUT2D eigenvalue weighted by Crippen LogP contribution is 2.51. The lowest BCUT2D eigenvalue weighted by molar-refractivity contribution is -0.176. The largest absolute Gasteiger partial charge is 0.514 e. The molecule has 2 aromatic carbocycles. The van der Waals surface area contributed by atoms with Gasteiger partial charge in [-0.25, -0.2) is 19.2 Å². The van der Waals surface area contributed by atoms with Gasteiger partial charge in [0.1, 0.15) is 30.1 Å². The maximum Gasteiger partial charge on any atom is 0.514 e. The van der Waals surface area contributed by atoms with E-state index in [1.165, 1.54) is 40.6 Å². The molecule has 3 heterocycles. The standard InChI is InChI=1S/C41H51N3O14/c1-9-54-40(49)57-35-29(50-5)14-21(15-30(35)51-6)37(46)56-31-16-22-20-44-13-12-25-24-11-10-23(55-32(45)19-42-39(48)58-41(2,3)4)17-27(24)43-34(25)28(44)18-26(22)33(36(31)52-7)38(47)53-8/h10-11,14-15,17,22,26,28,31,33,36,43H,9,12-13,16,18-20H2,1-8H3,(H,42,48). The van der Waals surface area contributed by atoms with E-state index in [0.717, 1.165) is 35.1 Å². The third kappa shape index (κ3) is 8.94. The van der Waals surface area contributed by atoms with Gasteiger partial charge in [-0.15, -0.1) is 0 Å². The van der Waals surface area contributed by atoms with E-state index in [-0.39, 0.29) is 53.8 Å². The molecule has 2 fully saturated rings. The van der Waals surface area contributed by atoms with Crippen LogP contribution in [0.25, 0.3) is 10.9 Å². The van der Waals surface area contributed by atoms with Crippen LogP contribution in [0.5, 0.6) is 23.0 Å². The molecular weight excluding hydrogens is 758 g/mol. The van der Waals surface area contributed by atoms with E-state index >= 15 is 0 Å². The number of hydrogen-bond acceptors (Lipinski definition) is 15. The number of nitrogens with zero attached hydrogens (tertiary/aromatic N) is 1. The summed E-state index contributed by atoms with van der Waals surface area (Å²) in [6.07, 6.45) is -1.49. The van der Waals surface area contributed by atoms with Gasteiger partial charge in [0.25, 0.3) is 0 Å². The van der Waals surface area contributed by atoms with Crippen molar-refractivity contribution in [2.24, 2.45) is 17.8 Å². The van der Waals surface area contributed by atoms with Gasteiger partial charge in [0.2, 0.25) is 5.75 Å². The molecule has 2 aliphatic heterocycles. The number of methoxy groups -OCH3 is 4. The topological polar surface area (TPSA) is 199 Å². The molecule has 2 N–H and O–H groups in total. The number of aromatic nitrogens is 1. The number of piperidine rings is 1. The number of hydrogen-bond donors (Lipinski definition) is 2. The van der Waals surface area contributed by atoms with Crippen LogP contribution < -0.4 is 24.3 Å². The average Bonchev–Trinajstić information content (AvgIpc) is 3.56. The van der Waals surface area contributed by atoms with Crippen LogP contribution in [0.3, 0.4) is 0 Å². The van der Waals surface area contributed by atoms with Gasteiger partial charge in [-0.1, -0.05) is 0 Å². The third-order valence-electron chi connectivity index (χ3n) is 10.8. The number of amides is 1. The summed E-state index contributed by atoms with van der Waals surface area (Å²) in [5.41, 5.74) is 2.34. The lowest BCUT2D eigenvalue weighted by Gasteiger charge is -2.52. The summed E-state index contributed by atoms with van der Waals surface area (Å²) in [5.74, 6) is -2.42. The van der Waals surface area contributed by atoms with Crippen molar-refractivity contribution in [3.8, 4) is 23.0 Å². The van der Waals surface area contributed by atoms with Gasteiger partial charge in [-0.2, -0.15) is 0 Å². The predicted octanol–water partition coefficient (Wildman–Crippen LogP) is 5.12. The van der Waals surface area contributed by atoms with E-state index < -0.39 is 53.9 Å². The fourth-order valence-electron chi connectivity index (χ4n) is 8.45. The molecule has 17 heteroatoms. The first kappa shape index (κ1) is 42.1. The molecule has 1 amide bonds. The lowest BCUT2D eigenvalue weighted by atomic mass is 9.63. The second kappa shape index (κ2) is 17.5. The van der Waals surface area contributed by atoms with Crippen LogP contribution in [-0.4, -0.2) is 113 Å². The first-order valence-electron chi connectivity index (χ1n) is 19.2. The van der Waals surface area contributed by atoms with Crippen LogP contribution in [0.2, 0.25) is 0 Å². The quantitative estimate of drug-likeness (QED) is 0.112. The average molecular weight is 810 g/mol.